The summed E-state index contributed by atoms with van der Waals surface area (Å²) in [6, 6.07) is 17.4. The normalized spacial score (nSPS) is 28.8. The summed E-state index contributed by atoms with van der Waals surface area (Å²) in [5.41, 5.74) is 1.02. The first-order valence-corrected chi connectivity index (χ1v) is 12.7. The second-order valence-electron chi connectivity index (χ2n) is 10.0. The van der Waals surface area contributed by atoms with Crippen LogP contribution in [0.2, 0.25) is 0 Å². The van der Waals surface area contributed by atoms with Gasteiger partial charge in [-0.15, -0.1) is 0 Å². The zero-order chi connectivity index (χ0) is 27.5. The SMILES string of the molecule is CC(C)Oc1ccc2c(c1)Oc1cc(O[C@@H]3OC(CO)[C@@H](O)[C@H](O)C3O)ccc1C21OC(=O)c2ccccc21. The average Bonchev–Trinajstić information content (AvgIpc) is 3.21. The van der Waals surface area contributed by atoms with Crippen LogP contribution in [0.25, 0.3) is 0 Å². The maximum atomic E-state index is 13.0. The second-order valence-corrected chi connectivity index (χ2v) is 10.0. The van der Waals surface area contributed by atoms with Gasteiger partial charge in [0.05, 0.1) is 18.3 Å². The lowest BCUT2D eigenvalue weighted by Crippen LogP contribution is -2.60. The Morgan fingerprint density at radius 1 is 0.872 bits per heavy atom. The van der Waals surface area contributed by atoms with Crippen LogP contribution in [0.15, 0.2) is 60.7 Å². The van der Waals surface area contributed by atoms with E-state index < -0.39 is 48.9 Å². The molecule has 1 saturated heterocycles. The average molecular weight is 537 g/mol. The lowest BCUT2D eigenvalue weighted by molar-refractivity contribution is -0.277. The molecule has 39 heavy (non-hydrogen) atoms. The first-order chi connectivity index (χ1) is 18.7. The number of hydrogen-bond donors (Lipinski definition) is 4. The van der Waals surface area contributed by atoms with E-state index in [-0.39, 0.29) is 11.9 Å². The van der Waals surface area contributed by atoms with Gasteiger partial charge in [-0.1, -0.05) is 18.2 Å². The highest BCUT2D eigenvalue weighted by atomic mass is 16.7. The molecule has 3 unspecified atom stereocenters. The Morgan fingerprint density at radius 3 is 2.23 bits per heavy atom. The number of carbonyl (C=O) groups excluding carboxylic acids is 1. The summed E-state index contributed by atoms with van der Waals surface area (Å²) in [5, 5.41) is 40.1. The Bertz CT molecular complexity index is 1420. The molecular formula is C29H28O10. The fraction of sp³-hybridized carbons (Fsp3) is 0.345. The van der Waals surface area contributed by atoms with Crippen molar-refractivity contribution in [2.45, 2.75) is 56.3 Å². The molecule has 3 aliphatic heterocycles. The van der Waals surface area contributed by atoms with Crippen molar-refractivity contribution in [2.75, 3.05) is 6.61 Å². The number of benzene rings is 3. The van der Waals surface area contributed by atoms with Gasteiger partial charge in [-0.25, -0.2) is 4.79 Å². The topological polar surface area (TPSA) is 144 Å². The van der Waals surface area contributed by atoms with E-state index in [1.165, 1.54) is 0 Å². The molecule has 204 valence electrons. The number of esters is 1. The van der Waals surface area contributed by atoms with Crippen LogP contribution in [0, 0.1) is 0 Å². The summed E-state index contributed by atoms with van der Waals surface area (Å²) in [5.74, 6) is 1.08. The monoisotopic (exact) mass is 536 g/mol. The van der Waals surface area contributed by atoms with E-state index in [0.717, 1.165) is 0 Å². The number of fused-ring (bicyclic) bond motifs is 6. The molecule has 1 spiro atoms. The summed E-state index contributed by atoms with van der Waals surface area (Å²) in [6.45, 7) is 3.24. The fourth-order valence-electron chi connectivity index (χ4n) is 5.35. The highest BCUT2D eigenvalue weighted by molar-refractivity contribution is 5.97. The van der Waals surface area contributed by atoms with Crippen molar-refractivity contribution < 1.29 is 48.9 Å². The van der Waals surface area contributed by atoms with Crippen molar-refractivity contribution in [1.82, 2.24) is 0 Å². The molecule has 4 N–H and O–H groups in total. The van der Waals surface area contributed by atoms with E-state index >= 15 is 0 Å². The molecular weight excluding hydrogens is 508 g/mol. The largest absolute Gasteiger partial charge is 0.491 e. The molecule has 0 radical (unpaired) electrons. The van der Waals surface area contributed by atoms with Crippen molar-refractivity contribution in [1.29, 1.82) is 0 Å². The van der Waals surface area contributed by atoms with Gasteiger partial charge in [-0.05, 0) is 44.2 Å². The van der Waals surface area contributed by atoms with Crippen LogP contribution in [0.1, 0.15) is 40.9 Å². The third-order valence-electron chi connectivity index (χ3n) is 7.13. The first kappa shape index (κ1) is 25.6. The van der Waals surface area contributed by atoms with Crippen LogP contribution in [-0.4, -0.2) is 69.8 Å². The molecule has 0 aromatic heterocycles. The Balaban J connectivity index is 1.43. The molecule has 10 heteroatoms. The minimum atomic E-state index is -1.58. The molecule has 3 aliphatic rings. The van der Waals surface area contributed by atoms with Crippen molar-refractivity contribution >= 4 is 5.97 Å². The van der Waals surface area contributed by atoms with Gasteiger partial charge in [-0.2, -0.15) is 0 Å². The van der Waals surface area contributed by atoms with Crippen LogP contribution in [0.3, 0.4) is 0 Å². The van der Waals surface area contributed by atoms with Gasteiger partial charge in [0.1, 0.15) is 47.4 Å². The van der Waals surface area contributed by atoms with Gasteiger partial charge in [0.15, 0.2) is 5.60 Å². The Hall–Kier alpha value is -3.67. The molecule has 1 fully saturated rings. The van der Waals surface area contributed by atoms with E-state index in [4.69, 9.17) is 23.7 Å². The van der Waals surface area contributed by atoms with Crippen LogP contribution in [-0.2, 0) is 15.1 Å². The Labute approximate surface area is 223 Å². The highest BCUT2D eigenvalue weighted by Gasteiger charge is 2.53. The van der Waals surface area contributed by atoms with Gasteiger partial charge >= 0.3 is 5.97 Å². The number of aliphatic hydroxyl groups excluding tert-OH is 4. The Kier molecular flexibility index (Phi) is 6.24. The molecule has 3 heterocycles. The van der Waals surface area contributed by atoms with E-state index in [0.29, 0.717) is 39.5 Å². The summed E-state index contributed by atoms with van der Waals surface area (Å²) in [7, 11) is 0. The van der Waals surface area contributed by atoms with E-state index in [9.17, 15) is 25.2 Å². The molecule has 6 atom stereocenters. The summed E-state index contributed by atoms with van der Waals surface area (Å²) in [4.78, 5) is 13.0. The molecule has 0 amide bonds. The van der Waals surface area contributed by atoms with Gasteiger partial charge < -0.3 is 44.1 Å². The summed E-state index contributed by atoms with van der Waals surface area (Å²) in [6.07, 6.45) is -7.24. The number of aliphatic hydroxyl groups is 4. The standard InChI is InChI=1S/C29H28O10/c1-14(2)35-15-7-9-19-21(11-15)37-22-12-16(36-28-26(33)25(32)24(31)23(13-30)38-28)8-10-20(22)29(19)18-6-4-3-5-17(18)27(34)39-29/h3-12,14,23-26,28,30-33H,13H2,1-2H3/t23?,24-,25+,26?,28-,29?/m1/s1. The van der Waals surface area contributed by atoms with Gasteiger partial charge in [0, 0.05) is 28.8 Å². The molecule has 0 aliphatic carbocycles. The zero-order valence-electron chi connectivity index (χ0n) is 21.2. The van der Waals surface area contributed by atoms with Crippen LogP contribution in [0.5, 0.6) is 23.0 Å². The minimum Gasteiger partial charge on any atom is -0.491 e. The van der Waals surface area contributed by atoms with Crippen LogP contribution in [0.4, 0.5) is 0 Å². The highest BCUT2D eigenvalue weighted by Crippen LogP contribution is 2.57. The third kappa shape index (κ3) is 4.03. The maximum absolute atomic E-state index is 13.0. The van der Waals surface area contributed by atoms with Crippen molar-refractivity contribution in [2.24, 2.45) is 0 Å². The maximum Gasteiger partial charge on any atom is 0.340 e. The van der Waals surface area contributed by atoms with Gasteiger partial charge in [-0.3, -0.25) is 0 Å². The molecule has 3 aromatic rings. The van der Waals surface area contributed by atoms with E-state index in [1.54, 1.807) is 42.5 Å². The van der Waals surface area contributed by atoms with Gasteiger partial charge in [0.25, 0.3) is 0 Å². The van der Waals surface area contributed by atoms with Crippen molar-refractivity contribution in [3.8, 4) is 23.0 Å². The minimum absolute atomic E-state index is 0.0727. The quantitative estimate of drug-likeness (QED) is 0.358. The van der Waals surface area contributed by atoms with Crippen LogP contribution < -0.4 is 14.2 Å². The first-order valence-electron chi connectivity index (χ1n) is 12.7. The summed E-state index contributed by atoms with van der Waals surface area (Å²) < 4.78 is 29.6. The molecule has 10 nitrogen and oxygen atoms in total. The fourth-order valence-corrected chi connectivity index (χ4v) is 5.35. The van der Waals surface area contributed by atoms with E-state index in [2.05, 4.69) is 0 Å². The molecule has 6 rings (SSSR count). The van der Waals surface area contributed by atoms with Crippen LogP contribution >= 0.6 is 0 Å². The molecule has 0 saturated carbocycles. The number of carbonyl (C=O) groups is 1. The predicted octanol–water partition coefficient (Wildman–Crippen LogP) is 2.22. The van der Waals surface area contributed by atoms with E-state index in [1.807, 2.05) is 32.0 Å². The number of hydrogen-bond acceptors (Lipinski definition) is 10. The molecule has 3 aromatic carbocycles. The zero-order valence-corrected chi connectivity index (χ0v) is 21.2. The third-order valence-corrected chi connectivity index (χ3v) is 7.13. The van der Waals surface area contributed by atoms with Crippen molar-refractivity contribution in [3.63, 3.8) is 0 Å². The lowest BCUT2D eigenvalue weighted by Gasteiger charge is -2.40. The predicted molar refractivity (Wildman–Crippen MR) is 135 cm³/mol. The number of ether oxygens (including phenoxy) is 5. The van der Waals surface area contributed by atoms with Gasteiger partial charge in [0.2, 0.25) is 6.29 Å². The summed E-state index contributed by atoms with van der Waals surface area (Å²) >= 11 is 0. The lowest BCUT2D eigenvalue weighted by atomic mass is 9.77. The smallest absolute Gasteiger partial charge is 0.340 e. The van der Waals surface area contributed by atoms with Crippen molar-refractivity contribution in [3.05, 3.63) is 82.9 Å². The molecule has 0 bridgehead atoms. The number of rotatable bonds is 5. The second kappa shape index (κ2) is 9.51. The Morgan fingerprint density at radius 2 is 1.54 bits per heavy atom.